The molecule has 27 heavy (non-hydrogen) atoms. The third-order valence-electron chi connectivity index (χ3n) is 5.19. The molecule has 2 saturated heterocycles. The average molecular weight is 372 g/mol. The summed E-state index contributed by atoms with van der Waals surface area (Å²) in [6, 6.07) is 9.74. The Morgan fingerprint density at radius 2 is 1.89 bits per heavy atom. The van der Waals surface area contributed by atoms with E-state index in [1.807, 2.05) is 44.2 Å². The molecule has 7 nitrogen and oxygen atoms in total. The smallest absolute Gasteiger partial charge is 0.164 e. The van der Waals surface area contributed by atoms with E-state index in [9.17, 15) is 5.11 Å². The molecule has 0 amide bonds. The van der Waals surface area contributed by atoms with Gasteiger partial charge in [-0.15, -0.1) is 0 Å². The van der Waals surface area contributed by atoms with Crippen molar-refractivity contribution in [2.75, 3.05) is 19.6 Å². The summed E-state index contributed by atoms with van der Waals surface area (Å²) in [6.07, 6.45) is 3.79. The van der Waals surface area contributed by atoms with E-state index in [4.69, 9.17) is 9.47 Å². The zero-order valence-corrected chi connectivity index (χ0v) is 16.0. The summed E-state index contributed by atoms with van der Waals surface area (Å²) in [5.41, 5.74) is 1.56. The normalized spacial score (nSPS) is 26.9. The molecule has 2 fully saturated rings. The predicted molar refractivity (Wildman–Crippen MR) is 100 cm³/mol. The van der Waals surface area contributed by atoms with Gasteiger partial charge in [0, 0.05) is 6.54 Å². The molecule has 0 bridgehead atoms. The molecule has 2 aromatic rings. The van der Waals surface area contributed by atoms with Crippen LogP contribution in [0.5, 0.6) is 0 Å². The number of ether oxygens (including phenoxy) is 2. The van der Waals surface area contributed by atoms with Gasteiger partial charge >= 0.3 is 0 Å². The van der Waals surface area contributed by atoms with Crippen molar-refractivity contribution in [3.05, 3.63) is 42.2 Å². The van der Waals surface area contributed by atoms with Crippen LogP contribution in [0.4, 0.5) is 0 Å². The van der Waals surface area contributed by atoms with Crippen LogP contribution in [0.2, 0.25) is 0 Å². The summed E-state index contributed by atoms with van der Waals surface area (Å²) in [4.78, 5) is 3.89. The zero-order chi connectivity index (χ0) is 18.9. The van der Waals surface area contributed by atoms with Crippen molar-refractivity contribution < 1.29 is 14.6 Å². The molecule has 7 heteroatoms. The molecular formula is C20H28N4O3. The number of likely N-dealkylation sites (tertiary alicyclic amines) is 1. The van der Waals surface area contributed by atoms with Gasteiger partial charge in [-0.25, -0.2) is 0 Å². The number of β-amino-alcohol motifs (C(OH)–C–C–N with tert-alkyl or cyclic N) is 1. The van der Waals surface area contributed by atoms with Crippen LogP contribution in [-0.2, 0) is 9.47 Å². The van der Waals surface area contributed by atoms with Crippen LogP contribution in [0, 0.1) is 0 Å². The highest BCUT2D eigenvalue weighted by molar-refractivity contribution is 5.28. The van der Waals surface area contributed by atoms with Crippen LogP contribution >= 0.6 is 0 Å². The van der Waals surface area contributed by atoms with Gasteiger partial charge in [0.15, 0.2) is 5.79 Å². The summed E-state index contributed by atoms with van der Waals surface area (Å²) in [5.74, 6) is -0.769. The predicted octanol–water partition coefficient (Wildman–Crippen LogP) is 2.31. The molecule has 1 N–H and O–H groups in total. The van der Waals surface area contributed by atoms with E-state index in [1.54, 1.807) is 11.0 Å². The van der Waals surface area contributed by atoms with Gasteiger partial charge in [0.05, 0.1) is 18.0 Å². The molecule has 3 heterocycles. The number of benzene rings is 1. The highest BCUT2D eigenvalue weighted by Crippen LogP contribution is 2.39. The number of hydrogen-bond donors (Lipinski definition) is 1. The molecular weight excluding hydrogens is 344 g/mol. The second-order valence-electron chi connectivity index (χ2n) is 7.84. The van der Waals surface area contributed by atoms with Crippen molar-refractivity contribution in [3.8, 4) is 5.69 Å². The average Bonchev–Trinajstić information content (AvgIpc) is 3.27. The molecule has 0 radical (unpaired) electrons. The van der Waals surface area contributed by atoms with Gasteiger partial charge in [-0.05, 0) is 51.9 Å². The first-order valence-corrected chi connectivity index (χ1v) is 9.75. The van der Waals surface area contributed by atoms with Gasteiger partial charge < -0.3 is 19.5 Å². The van der Waals surface area contributed by atoms with E-state index in [2.05, 4.69) is 15.1 Å². The van der Waals surface area contributed by atoms with Crippen LogP contribution < -0.4 is 0 Å². The lowest BCUT2D eigenvalue weighted by Gasteiger charge is -2.31. The fraction of sp³-hybridized carbons (Fsp3) is 0.600. The lowest BCUT2D eigenvalue weighted by Crippen LogP contribution is -2.43. The number of hydrogen-bond acceptors (Lipinski definition) is 6. The Bertz CT molecular complexity index is 743. The maximum Gasteiger partial charge on any atom is 0.164 e. The van der Waals surface area contributed by atoms with E-state index in [1.165, 1.54) is 19.3 Å². The minimum Gasteiger partial charge on any atom is -0.389 e. The summed E-state index contributed by atoms with van der Waals surface area (Å²) in [6.45, 7) is 6.39. The largest absolute Gasteiger partial charge is 0.389 e. The van der Waals surface area contributed by atoms with E-state index in [0.29, 0.717) is 12.2 Å². The van der Waals surface area contributed by atoms with E-state index < -0.39 is 24.1 Å². The van der Waals surface area contributed by atoms with E-state index >= 15 is 0 Å². The monoisotopic (exact) mass is 372 g/mol. The van der Waals surface area contributed by atoms with Gasteiger partial charge in [0.25, 0.3) is 0 Å². The third kappa shape index (κ3) is 4.21. The van der Waals surface area contributed by atoms with Gasteiger partial charge in [-0.3, -0.25) is 0 Å². The lowest BCUT2D eigenvalue weighted by atomic mass is 10.0. The van der Waals surface area contributed by atoms with Crippen LogP contribution in [0.15, 0.2) is 36.5 Å². The number of aromatic nitrogens is 3. The molecule has 0 saturated carbocycles. The summed E-state index contributed by atoms with van der Waals surface area (Å²) < 4.78 is 12.1. The molecule has 0 aliphatic carbocycles. The highest BCUT2D eigenvalue weighted by atomic mass is 16.8. The minimum absolute atomic E-state index is 0.447. The van der Waals surface area contributed by atoms with Crippen LogP contribution in [0.3, 0.4) is 0 Å². The maximum absolute atomic E-state index is 10.9. The SMILES string of the molecule is CC1(C)OC(C(O)CN2CCCCC2)[C@H](c2cnn(-c3ccccc3)n2)O1. The summed E-state index contributed by atoms with van der Waals surface area (Å²) in [5, 5.41) is 19.8. The quantitative estimate of drug-likeness (QED) is 0.868. The molecule has 4 rings (SSSR count). The highest BCUT2D eigenvalue weighted by Gasteiger charge is 2.47. The van der Waals surface area contributed by atoms with E-state index in [-0.39, 0.29) is 0 Å². The summed E-state index contributed by atoms with van der Waals surface area (Å²) >= 11 is 0. The molecule has 2 unspecified atom stereocenters. The van der Waals surface area contributed by atoms with Crippen LogP contribution in [-0.4, -0.2) is 62.6 Å². The van der Waals surface area contributed by atoms with Gasteiger partial charge in [0.1, 0.15) is 17.9 Å². The first kappa shape index (κ1) is 18.6. The fourth-order valence-electron chi connectivity index (χ4n) is 3.90. The van der Waals surface area contributed by atoms with Crippen molar-refractivity contribution in [1.29, 1.82) is 0 Å². The first-order valence-electron chi connectivity index (χ1n) is 9.75. The number of rotatable bonds is 5. The van der Waals surface area contributed by atoms with Crippen molar-refractivity contribution in [2.45, 2.75) is 57.2 Å². The Hall–Kier alpha value is -1.80. The van der Waals surface area contributed by atoms with Gasteiger partial charge in [0.2, 0.25) is 0 Å². The van der Waals surface area contributed by atoms with Crippen LogP contribution in [0.1, 0.15) is 44.9 Å². The number of nitrogens with zero attached hydrogens (tertiary/aromatic N) is 4. The molecule has 2 aliphatic rings. The Labute approximate surface area is 159 Å². The van der Waals surface area contributed by atoms with Crippen molar-refractivity contribution in [3.63, 3.8) is 0 Å². The second kappa shape index (κ2) is 7.67. The Morgan fingerprint density at radius 1 is 1.15 bits per heavy atom. The molecule has 146 valence electrons. The van der Waals surface area contributed by atoms with Crippen molar-refractivity contribution in [1.82, 2.24) is 19.9 Å². The zero-order valence-electron chi connectivity index (χ0n) is 16.0. The number of piperidine rings is 1. The topological polar surface area (TPSA) is 72.6 Å². The van der Waals surface area contributed by atoms with Crippen molar-refractivity contribution >= 4 is 0 Å². The molecule has 0 spiro atoms. The second-order valence-corrected chi connectivity index (χ2v) is 7.84. The van der Waals surface area contributed by atoms with E-state index in [0.717, 1.165) is 18.8 Å². The number of para-hydroxylation sites is 1. The van der Waals surface area contributed by atoms with Crippen LogP contribution in [0.25, 0.3) is 5.69 Å². The van der Waals surface area contributed by atoms with Gasteiger partial charge in [-0.1, -0.05) is 24.6 Å². The number of aliphatic hydroxyl groups excluding tert-OH is 1. The summed E-state index contributed by atoms with van der Waals surface area (Å²) in [7, 11) is 0. The van der Waals surface area contributed by atoms with Gasteiger partial charge in [-0.2, -0.15) is 15.0 Å². The Balaban J connectivity index is 1.52. The minimum atomic E-state index is -0.769. The Kier molecular flexibility index (Phi) is 5.27. The molecule has 1 aromatic carbocycles. The fourth-order valence-corrected chi connectivity index (χ4v) is 3.90. The lowest BCUT2D eigenvalue weighted by molar-refractivity contribution is -0.156. The first-order chi connectivity index (χ1) is 13.0. The third-order valence-corrected chi connectivity index (χ3v) is 5.19. The molecule has 2 aliphatic heterocycles. The molecule has 1 aromatic heterocycles. The molecule has 3 atom stereocenters. The maximum atomic E-state index is 10.9. The standard InChI is InChI=1S/C20H28N4O3/c1-20(2)26-18(16-13-21-24(22-16)15-9-5-3-6-10-15)19(27-20)17(25)14-23-11-7-4-8-12-23/h3,5-6,9-10,13,17-19,25H,4,7-8,11-12,14H2,1-2H3/t17?,18-,19?/m0/s1. The number of aliphatic hydroxyl groups is 1. The van der Waals surface area contributed by atoms with Crippen molar-refractivity contribution in [2.24, 2.45) is 0 Å². The Morgan fingerprint density at radius 3 is 2.63 bits per heavy atom.